The lowest BCUT2D eigenvalue weighted by Gasteiger charge is -2.41. The quantitative estimate of drug-likeness (QED) is 0.466. The number of carbonyl (C=O) groups excluding carboxylic acids is 1. The van der Waals surface area contributed by atoms with E-state index in [1.807, 2.05) is 0 Å². The van der Waals surface area contributed by atoms with Crippen LogP contribution in [0.1, 0.15) is 13.3 Å². The lowest BCUT2D eigenvalue weighted by atomic mass is 9.76. The molecule has 0 saturated heterocycles. The molecule has 122 valence electrons. The van der Waals surface area contributed by atoms with E-state index in [2.05, 4.69) is 0 Å². The zero-order chi connectivity index (χ0) is 16.0. The highest BCUT2D eigenvalue weighted by molar-refractivity contribution is 6.63. The van der Waals surface area contributed by atoms with Gasteiger partial charge >= 0.3 is 5.97 Å². The van der Waals surface area contributed by atoms with Crippen LogP contribution in [0.25, 0.3) is 0 Å². The van der Waals surface area contributed by atoms with Crippen molar-refractivity contribution in [2.24, 2.45) is 29.6 Å². The van der Waals surface area contributed by atoms with Crippen molar-refractivity contribution in [2.45, 2.75) is 43.8 Å². The van der Waals surface area contributed by atoms with Gasteiger partial charge in [-0.05, 0) is 24.2 Å². The third-order valence-electron chi connectivity index (χ3n) is 7.06. The van der Waals surface area contributed by atoms with Gasteiger partial charge < -0.3 is 4.74 Å². The third kappa shape index (κ3) is 1.06. The van der Waals surface area contributed by atoms with E-state index in [0.717, 1.165) is 6.42 Å². The molecule has 2 nitrogen and oxygen atoms in total. The minimum Gasteiger partial charge on any atom is -0.462 e. The Labute approximate surface area is 158 Å². The summed E-state index contributed by atoms with van der Waals surface area (Å²) in [6.07, 6.45) is 0.594. The number of esters is 1. The molecule has 4 bridgehead atoms. The zero-order valence-electron chi connectivity index (χ0n) is 11.3. The standard InChI is InChI=1S/C14H12Cl6O2/c1-3(21)22-9-5-2-4-7-6(5)12(17)10(15)11(16,8(4)9)13(7,18)14(12,19)20/h4-10H,2H2,1H3/t4-,5+,6?,7-,8+,9+,10+,11-,12+,13-/m1/s1. The van der Waals surface area contributed by atoms with Crippen LogP contribution < -0.4 is 0 Å². The van der Waals surface area contributed by atoms with E-state index in [1.54, 1.807) is 0 Å². The van der Waals surface area contributed by atoms with Crippen LogP contribution in [0.5, 0.6) is 0 Å². The molecule has 0 aliphatic heterocycles. The number of rotatable bonds is 1. The number of carbonyl (C=O) groups is 1. The highest BCUT2D eigenvalue weighted by Gasteiger charge is 3.00. The Kier molecular flexibility index (Phi) is 2.68. The van der Waals surface area contributed by atoms with Gasteiger partial charge in [0.15, 0.2) is 4.33 Å². The van der Waals surface area contributed by atoms with Crippen molar-refractivity contribution < 1.29 is 9.53 Å². The van der Waals surface area contributed by atoms with Crippen molar-refractivity contribution in [3.05, 3.63) is 0 Å². The van der Waals surface area contributed by atoms with E-state index < -0.39 is 24.3 Å². The van der Waals surface area contributed by atoms with Crippen LogP contribution in [0.4, 0.5) is 0 Å². The summed E-state index contributed by atoms with van der Waals surface area (Å²) in [5.41, 5.74) is 0. The number of hydrogen-bond acceptors (Lipinski definition) is 2. The summed E-state index contributed by atoms with van der Waals surface area (Å²) in [6, 6.07) is 0. The lowest BCUT2D eigenvalue weighted by Crippen LogP contribution is -2.54. The van der Waals surface area contributed by atoms with E-state index >= 15 is 0 Å². The molecule has 5 aliphatic carbocycles. The summed E-state index contributed by atoms with van der Waals surface area (Å²) in [5, 5.41) is -0.671. The van der Waals surface area contributed by atoms with Gasteiger partial charge in [-0.3, -0.25) is 4.79 Å². The van der Waals surface area contributed by atoms with Gasteiger partial charge in [0.05, 0.1) is 10.3 Å². The second kappa shape index (κ2) is 3.81. The smallest absolute Gasteiger partial charge is 0.302 e. The van der Waals surface area contributed by atoms with Crippen LogP contribution in [-0.2, 0) is 9.53 Å². The second-order valence-corrected chi connectivity index (χ2v) is 11.0. The number of fused-ring (bicyclic) bond motifs is 5. The average Bonchev–Trinajstić information content (AvgIpc) is 3.04. The summed E-state index contributed by atoms with van der Waals surface area (Å²) in [5.74, 6) is -0.251. The molecule has 0 aromatic carbocycles. The van der Waals surface area contributed by atoms with Crippen LogP contribution in [-0.4, -0.2) is 36.4 Å². The van der Waals surface area contributed by atoms with Gasteiger partial charge in [0.25, 0.3) is 0 Å². The number of ether oxygens (including phenoxy) is 1. The maximum Gasteiger partial charge on any atom is 0.302 e. The fourth-order valence-electron chi connectivity index (χ4n) is 6.80. The molecule has 10 atom stereocenters. The Morgan fingerprint density at radius 1 is 1.00 bits per heavy atom. The Hall–Kier alpha value is 1.21. The molecule has 5 saturated carbocycles. The largest absolute Gasteiger partial charge is 0.462 e. The minimum absolute atomic E-state index is 0.0241. The van der Waals surface area contributed by atoms with E-state index in [0.29, 0.717) is 0 Å². The van der Waals surface area contributed by atoms with E-state index in [1.165, 1.54) is 6.92 Å². The van der Waals surface area contributed by atoms with Crippen LogP contribution in [0, 0.1) is 29.6 Å². The molecular formula is C14H12Cl6O2. The molecule has 0 aromatic rings. The van der Waals surface area contributed by atoms with Gasteiger partial charge in [0, 0.05) is 18.8 Å². The highest BCUT2D eigenvalue weighted by atomic mass is 35.5. The van der Waals surface area contributed by atoms with Crippen LogP contribution in [0.15, 0.2) is 0 Å². The summed E-state index contributed by atoms with van der Waals surface area (Å²) in [7, 11) is 0. The number of alkyl halides is 6. The first-order chi connectivity index (χ1) is 10.1. The predicted molar refractivity (Wildman–Crippen MR) is 87.5 cm³/mol. The maximum absolute atomic E-state index is 11.5. The Morgan fingerprint density at radius 2 is 1.64 bits per heavy atom. The fourth-order valence-corrected chi connectivity index (χ4v) is 10.9. The van der Waals surface area contributed by atoms with Gasteiger partial charge in [-0.2, -0.15) is 0 Å². The first kappa shape index (κ1) is 15.5. The van der Waals surface area contributed by atoms with Gasteiger partial charge in [-0.25, -0.2) is 0 Å². The molecule has 0 aromatic heterocycles. The van der Waals surface area contributed by atoms with Crippen molar-refractivity contribution >= 4 is 75.6 Å². The molecule has 0 amide bonds. The van der Waals surface area contributed by atoms with Crippen LogP contribution >= 0.6 is 69.6 Å². The van der Waals surface area contributed by atoms with Gasteiger partial charge in [0.1, 0.15) is 15.9 Å². The molecule has 5 rings (SSSR count). The van der Waals surface area contributed by atoms with Gasteiger partial charge in [0.2, 0.25) is 0 Å². The van der Waals surface area contributed by atoms with Crippen molar-refractivity contribution in [1.29, 1.82) is 0 Å². The predicted octanol–water partition coefficient (Wildman–Crippen LogP) is 4.17. The zero-order valence-corrected chi connectivity index (χ0v) is 15.9. The topological polar surface area (TPSA) is 26.3 Å². The molecule has 0 radical (unpaired) electrons. The first-order valence-electron chi connectivity index (χ1n) is 7.32. The fraction of sp³-hybridized carbons (Fsp3) is 0.929. The molecule has 22 heavy (non-hydrogen) atoms. The second-order valence-electron chi connectivity index (χ2n) is 7.40. The summed E-state index contributed by atoms with van der Waals surface area (Å²) in [6.45, 7) is 1.40. The van der Waals surface area contributed by atoms with Crippen molar-refractivity contribution in [3.8, 4) is 0 Å². The highest BCUT2D eigenvalue weighted by Crippen LogP contribution is 2.91. The SMILES string of the molecule is CC(=O)O[C@@H]1[C@@H]2[C@@H]3C[C@H]1C1[C@@H]3[C@]3(Cl)C(Cl)(Cl)[C@@]1(Cl)[C@@H](Cl)[C@]23Cl. The monoisotopic (exact) mass is 422 g/mol. The van der Waals surface area contributed by atoms with Gasteiger partial charge in [-0.15, -0.1) is 46.4 Å². The Balaban J connectivity index is 1.79. The Morgan fingerprint density at radius 3 is 2.23 bits per heavy atom. The number of halogens is 6. The molecule has 8 heteroatoms. The van der Waals surface area contributed by atoms with Crippen molar-refractivity contribution in [1.82, 2.24) is 0 Å². The van der Waals surface area contributed by atoms with E-state index in [-0.39, 0.29) is 41.7 Å². The van der Waals surface area contributed by atoms with E-state index in [4.69, 9.17) is 74.3 Å². The molecule has 0 N–H and O–H groups in total. The maximum atomic E-state index is 11.5. The normalized spacial score (nSPS) is 68.2. The first-order valence-corrected chi connectivity index (χ1v) is 9.64. The molecule has 1 unspecified atom stereocenters. The third-order valence-corrected chi connectivity index (χ3v) is 12.0. The summed E-state index contributed by atoms with van der Waals surface area (Å²) in [4.78, 5) is 8.27. The van der Waals surface area contributed by atoms with E-state index in [9.17, 15) is 4.79 Å². The minimum atomic E-state index is -1.40. The van der Waals surface area contributed by atoms with Crippen molar-refractivity contribution in [3.63, 3.8) is 0 Å². The molecule has 0 heterocycles. The summed E-state index contributed by atoms with van der Waals surface area (Å²) >= 11 is 41.1. The van der Waals surface area contributed by atoms with Crippen molar-refractivity contribution in [2.75, 3.05) is 0 Å². The van der Waals surface area contributed by atoms with Crippen LogP contribution in [0.3, 0.4) is 0 Å². The molecule has 0 spiro atoms. The Bertz CT molecular complexity index is 626. The number of hydrogen-bond donors (Lipinski definition) is 0. The molecule has 5 aliphatic rings. The average molecular weight is 425 g/mol. The molecule has 5 fully saturated rings. The van der Waals surface area contributed by atoms with Crippen LogP contribution in [0.2, 0.25) is 0 Å². The lowest BCUT2D eigenvalue weighted by molar-refractivity contribution is -0.152. The molecular weight excluding hydrogens is 413 g/mol. The summed E-state index contributed by atoms with van der Waals surface area (Å²) < 4.78 is 4.21. The van der Waals surface area contributed by atoms with Gasteiger partial charge in [-0.1, -0.05) is 23.2 Å².